The van der Waals surface area contributed by atoms with Crippen LogP contribution in [0.4, 0.5) is 0 Å². The molecular formula is C13H17NO3S. The molecule has 0 aromatic heterocycles. The lowest BCUT2D eigenvalue weighted by Gasteiger charge is -2.25. The van der Waals surface area contributed by atoms with Gasteiger partial charge in [-0.25, -0.2) is 8.42 Å². The number of benzene rings is 1. The van der Waals surface area contributed by atoms with Crippen LogP contribution in [-0.4, -0.2) is 31.6 Å². The molecule has 1 fully saturated rings. The normalized spacial score (nSPS) is 18.0. The Hall–Kier alpha value is -1.20. The summed E-state index contributed by atoms with van der Waals surface area (Å²) >= 11 is 0. The standard InChI is InChI=1S/C13H17NO3S/c1-10-5-6-13(8-11(10)2)18(16,17)14-7-3-4-12(15)9-14/h5-6,8H,3-4,7,9H2,1-2H3. The molecule has 0 atom stereocenters. The number of Topliss-reactive ketones (excluding diaryl/α,β-unsaturated/α-hetero) is 1. The molecule has 5 heteroatoms. The fourth-order valence-corrected chi connectivity index (χ4v) is 3.58. The van der Waals surface area contributed by atoms with Crippen LogP contribution in [0.3, 0.4) is 0 Å². The van der Waals surface area contributed by atoms with Crippen molar-refractivity contribution < 1.29 is 13.2 Å². The first-order valence-electron chi connectivity index (χ1n) is 6.00. The molecule has 2 rings (SSSR count). The van der Waals surface area contributed by atoms with Crippen molar-refractivity contribution in [2.75, 3.05) is 13.1 Å². The van der Waals surface area contributed by atoms with Crippen LogP contribution in [0.1, 0.15) is 24.0 Å². The smallest absolute Gasteiger partial charge is 0.243 e. The predicted octanol–water partition coefficient (Wildman–Crippen LogP) is 1.66. The number of carbonyl (C=O) groups is 1. The van der Waals surface area contributed by atoms with Gasteiger partial charge < -0.3 is 0 Å². The third kappa shape index (κ3) is 2.47. The second kappa shape index (κ2) is 4.82. The fourth-order valence-electron chi connectivity index (χ4n) is 2.04. The Bertz CT molecular complexity index is 578. The van der Waals surface area contributed by atoms with E-state index in [0.29, 0.717) is 19.4 Å². The Balaban J connectivity index is 2.35. The highest BCUT2D eigenvalue weighted by molar-refractivity contribution is 7.89. The number of carbonyl (C=O) groups excluding carboxylic acids is 1. The average Bonchev–Trinajstić information content (AvgIpc) is 2.32. The van der Waals surface area contributed by atoms with E-state index < -0.39 is 10.0 Å². The van der Waals surface area contributed by atoms with Crippen LogP contribution in [0.25, 0.3) is 0 Å². The largest absolute Gasteiger partial charge is 0.298 e. The van der Waals surface area contributed by atoms with Gasteiger partial charge in [0.2, 0.25) is 10.0 Å². The Morgan fingerprint density at radius 3 is 2.50 bits per heavy atom. The van der Waals surface area contributed by atoms with Crippen molar-refractivity contribution in [1.82, 2.24) is 4.31 Å². The number of piperidine rings is 1. The first kappa shape index (κ1) is 13.2. The number of hydrogen-bond donors (Lipinski definition) is 0. The maximum atomic E-state index is 12.4. The summed E-state index contributed by atoms with van der Waals surface area (Å²) in [6, 6.07) is 5.08. The quantitative estimate of drug-likeness (QED) is 0.819. The molecule has 0 amide bonds. The molecule has 1 aliphatic rings. The Kier molecular flexibility index (Phi) is 3.54. The van der Waals surface area contributed by atoms with Crippen molar-refractivity contribution in [3.8, 4) is 0 Å². The van der Waals surface area contributed by atoms with E-state index in [9.17, 15) is 13.2 Å². The van der Waals surface area contributed by atoms with Gasteiger partial charge in [0.05, 0.1) is 11.4 Å². The summed E-state index contributed by atoms with van der Waals surface area (Å²) in [7, 11) is -3.52. The van der Waals surface area contributed by atoms with Crippen molar-refractivity contribution >= 4 is 15.8 Å². The molecule has 0 bridgehead atoms. The minimum atomic E-state index is -3.52. The third-order valence-electron chi connectivity index (χ3n) is 3.33. The molecule has 1 saturated heterocycles. The number of rotatable bonds is 2. The Labute approximate surface area is 108 Å². The van der Waals surface area contributed by atoms with E-state index in [1.807, 2.05) is 13.8 Å². The number of hydrogen-bond acceptors (Lipinski definition) is 3. The van der Waals surface area contributed by atoms with Crippen LogP contribution in [0.15, 0.2) is 23.1 Å². The van der Waals surface area contributed by atoms with Gasteiger partial charge in [-0.05, 0) is 43.5 Å². The van der Waals surface area contributed by atoms with E-state index in [2.05, 4.69) is 0 Å². The van der Waals surface area contributed by atoms with Gasteiger partial charge in [0, 0.05) is 13.0 Å². The highest BCUT2D eigenvalue weighted by Crippen LogP contribution is 2.21. The van der Waals surface area contributed by atoms with E-state index in [1.54, 1.807) is 18.2 Å². The summed E-state index contributed by atoms with van der Waals surface area (Å²) < 4.78 is 26.0. The summed E-state index contributed by atoms with van der Waals surface area (Å²) in [6.45, 7) is 4.27. The molecule has 0 spiro atoms. The van der Waals surface area contributed by atoms with E-state index >= 15 is 0 Å². The van der Waals surface area contributed by atoms with Gasteiger partial charge in [-0.3, -0.25) is 4.79 Å². The molecule has 1 heterocycles. The second-order valence-corrected chi connectivity index (χ2v) is 6.66. The monoisotopic (exact) mass is 267 g/mol. The minimum absolute atomic E-state index is 0.00587. The fraction of sp³-hybridized carbons (Fsp3) is 0.462. The van der Waals surface area contributed by atoms with E-state index in [4.69, 9.17) is 0 Å². The minimum Gasteiger partial charge on any atom is -0.298 e. The number of nitrogens with zero attached hydrogens (tertiary/aromatic N) is 1. The van der Waals surface area contributed by atoms with Gasteiger partial charge in [-0.2, -0.15) is 4.31 Å². The van der Waals surface area contributed by atoms with Crippen LogP contribution >= 0.6 is 0 Å². The molecular weight excluding hydrogens is 250 g/mol. The predicted molar refractivity (Wildman–Crippen MR) is 68.9 cm³/mol. The van der Waals surface area contributed by atoms with Crippen molar-refractivity contribution in [3.05, 3.63) is 29.3 Å². The van der Waals surface area contributed by atoms with E-state index in [1.165, 1.54) is 4.31 Å². The number of sulfonamides is 1. The second-order valence-electron chi connectivity index (χ2n) is 4.73. The zero-order valence-corrected chi connectivity index (χ0v) is 11.5. The van der Waals surface area contributed by atoms with Gasteiger partial charge in [0.25, 0.3) is 0 Å². The van der Waals surface area contributed by atoms with Gasteiger partial charge in [-0.1, -0.05) is 6.07 Å². The van der Waals surface area contributed by atoms with Crippen molar-refractivity contribution in [1.29, 1.82) is 0 Å². The van der Waals surface area contributed by atoms with E-state index in [0.717, 1.165) is 11.1 Å². The SMILES string of the molecule is Cc1ccc(S(=O)(=O)N2CCCC(=O)C2)cc1C. The molecule has 0 radical (unpaired) electrons. The highest BCUT2D eigenvalue weighted by atomic mass is 32.2. The zero-order valence-electron chi connectivity index (χ0n) is 10.6. The molecule has 1 aromatic carbocycles. The van der Waals surface area contributed by atoms with Crippen LogP contribution in [0.5, 0.6) is 0 Å². The lowest BCUT2D eigenvalue weighted by atomic mass is 10.1. The van der Waals surface area contributed by atoms with Gasteiger partial charge >= 0.3 is 0 Å². The summed E-state index contributed by atoms with van der Waals surface area (Å²) in [5.74, 6) is -0.00587. The highest BCUT2D eigenvalue weighted by Gasteiger charge is 2.29. The first-order valence-corrected chi connectivity index (χ1v) is 7.44. The van der Waals surface area contributed by atoms with Crippen LogP contribution < -0.4 is 0 Å². The molecule has 4 nitrogen and oxygen atoms in total. The molecule has 98 valence electrons. The first-order chi connectivity index (χ1) is 8.41. The number of ketones is 1. The van der Waals surface area contributed by atoms with Crippen molar-refractivity contribution in [2.24, 2.45) is 0 Å². The lowest BCUT2D eigenvalue weighted by Crippen LogP contribution is -2.40. The van der Waals surface area contributed by atoms with Crippen LogP contribution in [0.2, 0.25) is 0 Å². The molecule has 0 saturated carbocycles. The third-order valence-corrected chi connectivity index (χ3v) is 5.17. The Morgan fingerprint density at radius 1 is 1.17 bits per heavy atom. The Morgan fingerprint density at radius 2 is 1.89 bits per heavy atom. The molecule has 18 heavy (non-hydrogen) atoms. The molecule has 0 N–H and O–H groups in total. The van der Waals surface area contributed by atoms with Crippen LogP contribution in [-0.2, 0) is 14.8 Å². The molecule has 0 unspecified atom stereocenters. The van der Waals surface area contributed by atoms with Gasteiger partial charge in [0.1, 0.15) is 5.78 Å². The number of aryl methyl sites for hydroxylation is 2. The average molecular weight is 267 g/mol. The zero-order chi connectivity index (χ0) is 13.3. The molecule has 1 aliphatic heterocycles. The van der Waals surface area contributed by atoms with E-state index in [-0.39, 0.29) is 17.2 Å². The van der Waals surface area contributed by atoms with Crippen LogP contribution in [0, 0.1) is 13.8 Å². The maximum absolute atomic E-state index is 12.4. The van der Waals surface area contributed by atoms with Gasteiger partial charge in [0.15, 0.2) is 0 Å². The van der Waals surface area contributed by atoms with Gasteiger partial charge in [-0.15, -0.1) is 0 Å². The summed E-state index contributed by atoms with van der Waals surface area (Å²) in [6.07, 6.45) is 1.10. The van der Waals surface area contributed by atoms with Crippen molar-refractivity contribution in [2.45, 2.75) is 31.6 Å². The van der Waals surface area contributed by atoms with Crippen molar-refractivity contribution in [3.63, 3.8) is 0 Å². The topological polar surface area (TPSA) is 54.5 Å². The summed E-state index contributed by atoms with van der Waals surface area (Å²) in [5.41, 5.74) is 2.00. The molecule has 1 aromatic rings. The maximum Gasteiger partial charge on any atom is 0.243 e. The molecule has 0 aliphatic carbocycles. The lowest BCUT2D eigenvalue weighted by molar-refractivity contribution is -0.120. The summed E-state index contributed by atoms with van der Waals surface area (Å²) in [4.78, 5) is 11.6. The summed E-state index contributed by atoms with van der Waals surface area (Å²) in [5, 5.41) is 0.